The number of benzene rings is 1. The molecular formula is C12H15F2N3O3. The highest BCUT2D eigenvalue weighted by atomic mass is 19.2. The van der Waals surface area contributed by atoms with E-state index in [1.165, 1.54) is 18.9 Å². The SMILES string of the molecule is CCN(C)C(=O)C(C)Nc1c([N+](=O)[O-])ccc(F)c1F. The molecule has 1 rings (SSSR count). The Kier molecular flexibility index (Phi) is 4.95. The zero-order valence-electron chi connectivity index (χ0n) is 11.3. The predicted octanol–water partition coefficient (Wildman–Crippen LogP) is 2.15. The maximum absolute atomic E-state index is 13.7. The summed E-state index contributed by atoms with van der Waals surface area (Å²) >= 11 is 0. The molecule has 0 aromatic heterocycles. The van der Waals surface area contributed by atoms with E-state index in [1.54, 1.807) is 6.92 Å². The highest BCUT2D eigenvalue weighted by Gasteiger charge is 2.25. The number of rotatable bonds is 5. The molecule has 1 aromatic rings. The highest BCUT2D eigenvalue weighted by molar-refractivity contribution is 5.85. The molecule has 0 aliphatic carbocycles. The zero-order valence-corrected chi connectivity index (χ0v) is 11.3. The van der Waals surface area contributed by atoms with Gasteiger partial charge in [0.05, 0.1) is 4.92 Å². The predicted molar refractivity (Wildman–Crippen MR) is 69.4 cm³/mol. The molecule has 1 unspecified atom stereocenters. The molecule has 1 amide bonds. The molecule has 8 heteroatoms. The number of amides is 1. The molecule has 0 aliphatic rings. The first-order valence-electron chi connectivity index (χ1n) is 5.93. The molecule has 6 nitrogen and oxygen atoms in total. The van der Waals surface area contributed by atoms with Gasteiger partial charge >= 0.3 is 0 Å². The van der Waals surface area contributed by atoms with Gasteiger partial charge < -0.3 is 10.2 Å². The van der Waals surface area contributed by atoms with Gasteiger partial charge in [0, 0.05) is 19.7 Å². The second-order valence-corrected chi connectivity index (χ2v) is 4.23. The molecule has 110 valence electrons. The number of anilines is 1. The number of carbonyl (C=O) groups excluding carboxylic acids is 1. The van der Waals surface area contributed by atoms with Crippen molar-refractivity contribution in [2.45, 2.75) is 19.9 Å². The van der Waals surface area contributed by atoms with Crippen molar-refractivity contribution < 1.29 is 18.5 Å². The summed E-state index contributed by atoms with van der Waals surface area (Å²) < 4.78 is 26.8. The third-order valence-electron chi connectivity index (χ3n) is 2.85. The van der Waals surface area contributed by atoms with Crippen LogP contribution in [0.1, 0.15) is 13.8 Å². The van der Waals surface area contributed by atoms with Crippen LogP contribution in [0.5, 0.6) is 0 Å². The molecule has 1 N–H and O–H groups in total. The summed E-state index contributed by atoms with van der Waals surface area (Å²) in [5.41, 5.74) is -1.25. The molecule has 0 fully saturated rings. The van der Waals surface area contributed by atoms with Crippen molar-refractivity contribution in [3.63, 3.8) is 0 Å². The minimum absolute atomic E-state index is 0.384. The monoisotopic (exact) mass is 287 g/mol. The molecule has 0 bridgehead atoms. The number of likely N-dealkylation sites (N-methyl/N-ethyl adjacent to an activating group) is 1. The number of nitrogens with one attached hydrogen (secondary N) is 1. The van der Waals surface area contributed by atoms with Crippen molar-refractivity contribution in [2.24, 2.45) is 0 Å². The Hall–Kier alpha value is -2.25. The lowest BCUT2D eigenvalue weighted by Crippen LogP contribution is -2.39. The van der Waals surface area contributed by atoms with Crippen LogP contribution in [0.4, 0.5) is 20.2 Å². The van der Waals surface area contributed by atoms with Crippen molar-refractivity contribution >= 4 is 17.3 Å². The Morgan fingerprint density at radius 2 is 2.10 bits per heavy atom. The van der Waals surface area contributed by atoms with Gasteiger partial charge in [-0.3, -0.25) is 14.9 Å². The molecule has 0 radical (unpaired) electrons. The summed E-state index contributed by atoms with van der Waals surface area (Å²) in [7, 11) is 1.54. The number of hydrogen-bond donors (Lipinski definition) is 1. The topological polar surface area (TPSA) is 75.5 Å². The quantitative estimate of drug-likeness (QED) is 0.665. The summed E-state index contributed by atoms with van der Waals surface area (Å²) in [4.78, 5) is 23.2. The minimum atomic E-state index is -1.38. The molecule has 0 aliphatic heterocycles. The summed E-state index contributed by atoms with van der Waals surface area (Å²) in [5.74, 6) is -2.98. The van der Waals surface area contributed by atoms with E-state index in [0.717, 1.165) is 6.07 Å². The fourth-order valence-electron chi connectivity index (χ4n) is 1.59. The lowest BCUT2D eigenvalue weighted by atomic mass is 10.2. The van der Waals surface area contributed by atoms with Crippen molar-refractivity contribution in [2.75, 3.05) is 18.9 Å². The first-order valence-corrected chi connectivity index (χ1v) is 5.93. The molecule has 0 saturated heterocycles. The largest absolute Gasteiger partial charge is 0.366 e. The van der Waals surface area contributed by atoms with Gasteiger partial charge in [0.1, 0.15) is 6.04 Å². The van der Waals surface area contributed by atoms with Crippen molar-refractivity contribution in [1.29, 1.82) is 0 Å². The van der Waals surface area contributed by atoms with Crippen LogP contribution in [0.25, 0.3) is 0 Å². The van der Waals surface area contributed by atoms with Crippen LogP contribution >= 0.6 is 0 Å². The first kappa shape index (κ1) is 15.8. The molecule has 1 aromatic carbocycles. The van der Waals surface area contributed by atoms with Gasteiger partial charge in [0.25, 0.3) is 5.69 Å². The van der Waals surface area contributed by atoms with Crippen LogP contribution in [0.15, 0.2) is 12.1 Å². The second-order valence-electron chi connectivity index (χ2n) is 4.23. The smallest absolute Gasteiger partial charge is 0.295 e. The molecule has 0 spiro atoms. The number of nitro groups is 1. The van der Waals surface area contributed by atoms with E-state index in [1.807, 2.05) is 0 Å². The van der Waals surface area contributed by atoms with Crippen molar-refractivity contribution in [3.05, 3.63) is 33.9 Å². The number of hydrogen-bond acceptors (Lipinski definition) is 4. The third-order valence-corrected chi connectivity index (χ3v) is 2.85. The van der Waals surface area contributed by atoms with Gasteiger partial charge in [-0.15, -0.1) is 0 Å². The Labute approximate surface area is 114 Å². The fraction of sp³-hybridized carbons (Fsp3) is 0.417. The molecule has 20 heavy (non-hydrogen) atoms. The molecule has 0 heterocycles. The standard InChI is InChI=1S/C12H15F2N3O3/c1-4-16(3)12(18)7(2)15-11-9(17(19)20)6-5-8(13)10(11)14/h5-7,15H,4H2,1-3H3. The van der Waals surface area contributed by atoms with Crippen molar-refractivity contribution in [1.82, 2.24) is 4.90 Å². The zero-order chi connectivity index (χ0) is 15.4. The van der Waals surface area contributed by atoms with E-state index in [-0.39, 0.29) is 5.91 Å². The van der Waals surface area contributed by atoms with Crippen LogP contribution in [0.3, 0.4) is 0 Å². The van der Waals surface area contributed by atoms with E-state index in [4.69, 9.17) is 0 Å². The Morgan fingerprint density at radius 3 is 2.60 bits per heavy atom. The third kappa shape index (κ3) is 3.19. The van der Waals surface area contributed by atoms with E-state index >= 15 is 0 Å². The summed E-state index contributed by atoms with van der Waals surface area (Å²) in [6.07, 6.45) is 0. The van der Waals surface area contributed by atoms with Gasteiger partial charge in [0.15, 0.2) is 17.3 Å². The van der Waals surface area contributed by atoms with Crippen LogP contribution in [0.2, 0.25) is 0 Å². The lowest BCUT2D eigenvalue weighted by molar-refractivity contribution is -0.384. The Balaban J connectivity index is 3.11. The molecule has 0 saturated carbocycles. The van der Waals surface area contributed by atoms with Gasteiger partial charge in [0.2, 0.25) is 5.91 Å². The van der Waals surface area contributed by atoms with Gasteiger partial charge in [-0.25, -0.2) is 8.78 Å². The lowest BCUT2D eigenvalue weighted by Gasteiger charge is -2.21. The summed E-state index contributed by atoms with van der Waals surface area (Å²) in [5, 5.41) is 13.2. The second kappa shape index (κ2) is 6.27. The molecular weight excluding hydrogens is 272 g/mol. The van der Waals surface area contributed by atoms with Crippen LogP contribution < -0.4 is 5.32 Å². The van der Waals surface area contributed by atoms with Crippen LogP contribution in [0, 0.1) is 21.7 Å². The van der Waals surface area contributed by atoms with Crippen molar-refractivity contribution in [3.8, 4) is 0 Å². The normalized spacial score (nSPS) is 11.8. The van der Waals surface area contributed by atoms with Gasteiger partial charge in [-0.1, -0.05) is 0 Å². The number of nitro benzene ring substituents is 1. The first-order chi connectivity index (χ1) is 9.29. The number of carbonyl (C=O) groups is 1. The van der Waals surface area contributed by atoms with Crippen LogP contribution in [-0.4, -0.2) is 35.4 Å². The maximum atomic E-state index is 13.7. The highest BCUT2D eigenvalue weighted by Crippen LogP contribution is 2.29. The van der Waals surface area contributed by atoms with E-state index in [0.29, 0.717) is 12.6 Å². The Bertz CT molecular complexity index is 537. The average Bonchev–Trinajstić information content (AvgIpc) is 2.41. The van der Waals surface area contributed by atoms with E-state index in [2.05, 4.69) is 5.32 Å². The van der Waals surface area contributed by atoms with Crippen LogP contribution in [-0.2, 0) is 4.79 Å². The van der Waals surface area contributed by atoms with E-state index < -0.39 is 34.0 Å². The van der Waals surface area contributed by atoms with Gasteiger partial charge in [-0.2, -0.15) is 0 Å². The molecule has 1 atom stereocenters. The number of nitrogens with zero attached hydrogens (tertiary/aromatic N) is 2. The van der Waals surface area contributed by atoms with E-state index in [9.17, 15) is 23.7 Å². The minimum Gasteiger partial charge on any atom is -0.366 e. The average molecular weight is 287 g/mol. The fourth-order valence-corrected chi connectivity index (χ4v) is 1.59. The Morgan fingerprint density at radius 1 is 1.50 bits per heavy atom. The number of halogens is 2. The maximum Gasteiger partial charge on any atom is 0.295 e. The summed E-state index contributed by atoms with van der Waals surface area (Å²) in [6, 6.07) is 0.597. The van der Waals surface area contributed by atoms with Gasteiger partial charge in [-0.05, 0) is 19.9 Å². The summed E-state index contributed by atoms with van der Waals surface area (Å²) in [6.45, 7) is 3.59.